The van der Waals surface area contributed by atoms with Gasteiger partial charge in [-0.2, -0.15) is 5.10 Å². The number of thiazole rings is 1. The minimum Gasteiger partial charge on any atom is -0.296 e. The van der Waals surface area contributed by atoms with Crippen molar-refractivity contribution in [3.8, 4) is 0 Å². The Kier molecular flexibility index (Phi) is 2.79. The summed E-state index contributed by atoms with van der Waals surface area (Å²) in [7, 11) is 1.79. The van der Waals surface area contributed by atoms with Gasteiger partial charge in [-0.15, -0.1) is 0 Å². The number of aryl methyl sites for hydroxylation is 2. The fourth-order valence-corrected chi connectivity index (χ4v) is 2.77. The zero-order chi connectivity index (χ0) is 13.4. The van der Waals surface area contributed by atoms with Crippen LogP contribution in [0.2, 0.25) is 0 Å². The Bertz CT molecular complexity index is 726. The van der Waals surface area contributed by atoms with Gasteiger partial charge in [0.1, 0.15) is 0 Å². The van der Waals surface area contributed by atoms with Crippen LogP contribution in [0.1, 0.15) is 16.1 Å². The Morgan fingerprint density at radius 2 is 2.16 bits per heavy atom. The fourth-order valence-electron chi connectivity index (χ4n) is 1.91. The maximum atomic E-state index is 12.1. The van der Waals surface area contributed by atoms with Gasteiger partial charge in [-0.25, -0.2) is 4.98 Å². The Morgan fingerprint density at radius 3 is 2.84 bits per heavy atom. The number of benzene rings is 1. The molecule has 0 atom stereocenters. The molecule has 0 aliphatic carbocycles. The van der Waals surface area contributed by atoms with Crippen LogP contribution >= 0.6 is 11.3 Å². The van der Waals surface area contributed by atoms with E-state index in [0.29, 0.717) is 10.8 Å². The number of para-hydroxylation sites is 1. The van der Waals surface area contributed by atoms with Gasteiger partial charge in [0.15, 0.2) is 10.8 Å². The Balaban J connectivity index is 1.88. The molecule has 0 fully saturated rings. The highest BCUT2D eigenvalue weighted by Gasteiger charge is 2.15. The molecule has 1 aromatic carbocycles. The third kappa shape index (κ3) is 2.22. The van der Waals surface area contributed by atoms with E-state index < -0.39 is 0 Å². The van der Waals surface area contributed by atoms with Crippen molar-refractivity contribution < 1.29 is 4.79 Å². The molecule has 0 aliphatic rings. The predicted molar refractivity (Wildman–Crippen MR) is 75.5 cm³/mol. The lowest BCUT2D eigenvalue weighted by Crippen LogP contribution is -2.13. The summed E-state index contributed by atoms with van der Waals surface area (Å²) in [5, 5.41) is 7.53. The summed E-state index contributed by atoms with van der Waals surface area (Å²) in [6.45, 7) is 1.86. The van der Waals surface area contributed by atoms with Crippen LogP contribution in [0.15, 0.2) is 30.5 Å². The van der Waals surface area contributed by atoms with Crippen molar-refractivity contribution in [1.82, 2.24) is 14.8 Å². The number of fused-ring (bicyclic) bond motifs is 1. The summed E-state index contributed by atoms with van der Waals surface area (Å²) in [6, 6.07) is 7.79. The van der Waals surface area contributed by atoms with E-state index in [9.17, 15) is 4.79 Å². The molecule has 0 saturated heterocycles. The fraction of sp³-hybridized carbons (Fsp3) is 0.154. The molecule has 0 spiro atoms. The van der Waals surface area contributed by atoms with Crippen molar-refractivity contribution in [3.05, 3.63) is 41.7 Å². The summed E-state index contributed by atoms with van der Waals surface area (Å²) >= 11 is 1.46. The standard InChI is InChI=1S/C13H12N4OS/c1-8-7-17(2)16-11(8)12(18)15-13-14-9-5-3-4-6-10(9)19-13/h3-7H,1-2H3,(H,14,15,18). The number of amides is 1. The molecule has 2 heterocycles. The second kappa shape index (κ2) is 4.47. The third-order valence-corrected chi connectivity index (χ3v) is 3.69. The first kappa shape index (κ1) is 11.9. The van der Waals surface area contributed by atoms with Crippen LogP contribution in [-0.4, -0.2) is 20.7 Å². The molecule has 96 valence electrons. The van der Waals surface area contributed by atoms with Crippen LogP contribution in [0.3, 0.4) is 0 Å². The number of nitrogens with one attached hydrogen (secondary N) is 1. The molecule has 0 unspecified atom stereocenters. The first-order valence-corrected chi connectivity index (χ1v) is 6.62. The number of hydrogen-bond acceptors (Lipinski definition) is 4. The van der Waals surface area contributed by atoms with Crippen LogP contribution < -0.4 is 5.32 Å². The molecule has 6 heteroatoms. The van der Waals surface area contributed by atoms with Gasteiger partial charge >= 0.3 is 0 Å². The largest absolute Gasteiger partial charge is 0.296 e. The second-order valence-corrected chi connectivity index (χ2v) is 5.31. The highest BCUT2D eigenvalue weighted by atomic mass is 32.1. The van der Waals surface area contributed by atoms with E-state index in [1.54, 1.807) is 11.7 Å². The zero-order valence-electron chi connectivity index (χ0n) is 10.5. The van der Waals surface area contributed by atoms with Crippen LogP contribution in [0.5, 0.6) is 0 Å². The summed E-state index contributed by atoms with van der Waals surface area (Å²) in [4.78, 5) is 16.5. The number of rotatable bonds is 2. The SMILES string of the molecule is Cc1cn(C)nc1C(=O)Nc1nc2ccccc2s1. The monoisotopic (exact) mass is 272 g/mol. The smallest absolute Gasteiger partial charge is 0.278 e. The van der Waals surface area contributed by atoms with E-state index in [0.717, 1.165) is 15.8 Å². The quantitative estimate of drug-likeness (QED) is 0.780. The van der Waals surface area contributed by atoms with E-state index >= 15 is 0 Å². The molecule has 3 aromatic rings. The number of carbonyl (C=O) groups excluding carboxylic acids is 1. The van der Waals surface area contributed by atoms with Gasteiger partial charge in [0.2, 0.25) is 0 Å². The maximum Gasteiger partial charge on any atom is 0.278 e. The highest BCUT2D eigenvalue weighted by molar-refractivity contribution is 7.22. The van der Waals surface area contributed by atoms with Crippen LogP contribution in [0, 0.1) is 6.92 Å². The molecule has 0 radical (unpaired) electrons. The van der Waals surface area contributed by atoms with Gasteiger partial charge in [0.05, 0.1) is 10.2 Å². The van der Waals surface area contributed by atoms with Crippen molar-refractivity contribution in [3.63, 3.8) is 0 Å². The molecule has 1 amide bonds. The van der Waals surface area contributed by atoms with Crippen LogP contribution in [-0.2, 0) is 7.05 Å². The van der Waals surface area contributed by atoms with E-state index in [1.165, 1.54) is 11.3 Å². The van der Waals surface area contributed by atoms with E-state index in [2.05, 4.69) is 15.4 Å². The molecule has 19 heavy (non-hydrogen) atoms. The van der Waals surface area contributed by atoms with E-state index in [4.69, 9.17) is 0 Å². The number of anilines is 1. The summed E-state index contributed by atoms with van der Waals surface area (Å²) in [6.07, 6.45) is 1.81. The molecular formula is C13H12N4OS. The predicted octanol–water partition coefficient (Wildman–Crippen LogP) is 2.59. The average molecular weight is 272 g/mol. The number of nitrogens with zero attached hydrogens (tertiary/aromatic N) is 3. The topological polar surface area (TPSA) is 59.8 Å². The maximum absolute atomic E-state index is 12.1. The van der Waals surface area contributed by atoms with E-state index in [-0.39, 0.29) is 5.91 Å². The van der Waals surface area contributed by atoms with Gasteiger partial charge in [-0.05, 0) is 19.1 Å². The molecule has 2 aromatic heterocycles. The molecule has 1 N–H and O–H groups in total. The minimum absolute atomic E-state index is 0.225. The van der Waals surface area contributed by atoms with Crippen LogP contribution in [0.4, 0.5) is 5.13 Å². The first-order chi connectivity index (χ1) is 9.13. The Hall–Kier alpha value is -2.21. The lowest BCUT2D eigenvalue weighted by molar-refractivity contribution is 0.102. The molecule has 0 saturated carbocycles. The Labute approximate surface area is 113 Å². The third-order valence-electron chi connectivity index (χ3n) is 2.74. The molecule has 5 nitrogen and oxygen atoms in total. The highest BCUT2D eigenvalue weighted by Crippen LogP contribution is 2.25. The first-order valence-electron chi connectivity index (χ1n) is 5.80. The summed E-state index contributed by atoms with van der Waals surface area (Å²) < 4.78 is 2.68. The van der Waals surface area contributed by atoms with Crippen molar-refractivity contribution in [1.29, 1.82) is 0 Å². The molecule has 3 rings (SSSR count). The van der Waals surface area contributed by atoms with Crippen molar-refractivity contribution in [2.75, 3.05) is 5.32 Å². The van der Waals surface area contributed by atoms with Gasteiger partial charge < -0.3 is 0 Å². The lowest BCUT2D eigenvalue weighted by Gasteiger charge is -1.98. The second-order valence-electron chi connectivity index (χ2n) is 4.28. The van der Waals surface area contributed by atoms with E-state index in [1.807, 2.05) is 37.4 Å². The van der Waals surface area contributed by atoms with Crippen LogP contribution in [0.25, 0.3) is 10.2 Å². The minimum atomic E-state index is -0.225. The number of carbonyl (C=O) groups is 1. The lowest BCUT2D eigenvalue weighted by atomic mass is 10.3. The summed E-state index contributed by atoms with van der Waals surface area (Å²) in [5.41, 5.74) is 2.17. The zero-order valence-corrected chi connectivity index (χ0v) is 11.4. The Morgan fingerprint density at radius 1 is 1.37 bits per heavy atom. The normalized spacial score (nSPS) is 10.8. The summed E-state index contributed by atoms with van der Waals surface area (Å²) in [5.74, 6) is -0.225. The average Bonchev–Trinajstić information content (AvgIpc) is 2.91. The number of hydrogen-bond donors (Lipinski definition) is 1. The molecular weight excluding hydrogens is 260 g/mol. The molecule has 0 aliphatic heterocycles. The van der Waals surface area contributed by atoms with Gasteiger partial charge in [0, 0.05) is 18.8 Å². The van der Waals surface area contributed by atoms with Crippen molar-refractivity contribution >= 4 is 32.6 Å². The van der Waals surface area contributed by atoms with Crippen molar-refractivity contribution in [2.24, 2.45) is 7.05 Å². The van der Waals surface area contributed by atoms with Gasteiger partial charge in [-0.1, -0.05) is 23.5 Å². The van der Waals surface area contributed by atoms with Gasteiger partial charge in [-0.3, -0.25) is 14.8 Å². The van der Waals surface area contributed by atoms with Gasteiger partial charge in [0.25, 0.3) is 5.91 Å². The number of aromatic nitrogens is 3. The van der Waals surface area contributed by atoms with Crippen molar-refractivity contribution in [2.45, 2.75) is 6.92 Å². The molecule has 0 bridgehead atoms.